The number of ketones is 1. The van der Waals surface area contributed by atoms with Crippen molar-refractivity contribution in [3.8, 4) is 0 Å². The Balaban J connectivity index is 1.21. The van der Waals surface area contributed by atoms with Crippen LogP contribution >= 0.6 is 0 Å². The van der Waals surface area contributed by atoms with E-state index in [1.807, 2.05) is 0 Å². The maximum atomic E-state index is 16.1. The van der Waals surface area contributed by atoms with Gasteiger partial charge in [0.1, 0.15) is 6.17 Å². The molecule has 2 amide bonds. The number of nitrogens with two attached hydrogens (primary N) is 1. The van der Waals surface area contributed by atoms with Gasteiger partial charge in [0.2, 0.25) is 5.91 Å². The first kappa shape index (κ1) is 26.9. The Morgan fingerprint density at radius 1 is 1.07 bits per heavy atom. The molecule has 5 N–H and O–H groups in total. The Morgan fingerprint density at radius 2 is 1.88 bits per heavy atom. The average molecular weight is 559 g/mol. The van der Waals surface area contributed by atoms with E-state index in [4.69, 9.17) is 10.5 Å². The molecule has 3 saturated heterocycles. The number of imide groups is 1. The fourth-order valence-electron chi connectivity index (χ4n) is 9.06. The monoisotopic (exact) mass is 558 g/mol. The highest BCUT2D eigenvalue weighted by Crippen LogP contribution is 2.50. The van der Waals surface area contributed by atoms with Crippen LogP contribution in [0.3, 0.4) is 0 Å². The molecule has 0 bridgehead atoms. The second-order valence-corrected chi connectivity index (χ2v) is 13.2. The Hall–Kier alpha value is -1.92. The number of likely N-dealkylation sites (tertiary alicyclic amines) is 1. The van der Waals surface area contributed by atoms with E-state index in [1.165, 1.54) is 25.7 Å². The summed E-state index contributed by atoms with van der Waals surface area (Å²) < 4.78 is 23.0. The minimum absolute atomic E-state index is 0.0182. The Labute approximate surface area is 235 Å². The predicted octanol–water partition coefficient (Wildman–Crippen LogP) is -0.176. The second kappa shape index (κ2) is 10.7. The zero-order valence-electron chi connectivity index (χ0n) is 23.1. The van der Waals surface area contributed by atoms with E-state index in [1.54, 1.807) is 6.20 Å². The molecule has 0 aromatic heterocycles. The largest absolute Gasteiger partial charge is 0.369 e. The quantitative estimate of drug-likeness (QED) is 0.276. The van der Waals surface area contributed by atoms with Gasteiger partial charge in [-0.2, -0.15) is 0 Å². The average Bonchev–Trinajstić information content (AvgIpc) is 3.39. The summed E-state index contributed by atoms with van der Waals surface area (Å²) in [6, 6.07) is -1.26. The molecule has 7 aliphatic rings. The fourth-order valence-corrected chi connectivity index (χ4v) is 9.06. The molecule has 0 spiro atoms. The van der Waals surface area contributed by atoms with Crippen LogP contribution in [0.1, 0.15) is 51.4 Å². The summed E-state index contributed by atoms with van der Waals surface area (Å²) in [6.45, 7) is 3.15. The lowest BCUT2D eigenvalue weighted by atomic mass is 9.64. The van der Waals surface area contributed by atoms with E-state index in [0.29, 0.717) is 31.5 Å². The number of nitrogens with zero attached hydrogens (tertiary/aromatic N) is 2. The summed E-state index contributed by atoms with van der Waals surface area (Å²) in [6.07, 6.45) is 7.57. The molecule has 10 nitrogen and oxygen atoms in total. The Morgan fingerprint density at radius 3 is 2.60 bits per heavy atom. The van der Waals surface area contributed by atoms with Gasteiger partial charge in [-0.25, -0.2) is 4.39 Å². The number of morpholine rings is 1. The van der Waals surface area contributed by atoms with Crippen LogP contribution in [0.5, 0.6) is 0 Å². The van der Waals surface area contributed by atoms with Crippen molar-refractivity contribution in [2.75, 3.05) is 32.7 Å². The summed E-state index contributed by atoms with van der Waals surface area (Å²) in [4.78, 5) is 44.5. The predicted molar refractivity (Wildman–Crippen MR) is 145 cm³/mol. The third-order valence-corrected chi connectivity index (χ3v) is 11.0. The summed E-state index contributed by atoms with van der Waals surface area (Å²) >= 11 is 0. The third kappa shape index (κ3) is 4.62. The molecule has 11 unspecified atom stereocenters. The lowest BCUT2D eigenvalue weighted by molar-refractivity contribution is -0.219. The van der Waals surface area contributed by atoms with Crippen molar-refractivity contribution < 1.29 is 23.5 Å². The number of nitrogens with one attached hydrogen (secondary N) is 3. The minimum atomic E-state index is -1.26. The molecule has 0 aromatic rings. The molecular weight excluding hydrogens is 515 g/mol. The van der Waals surface area contributed by atoms with Crippen molar-refractivity contribution in [1.29, 1.82) is 0 Å². The Bertz CT molecular complexity index is 1070. The molecule has 0 radical (unpaired) electrons. The number of piperazine rings is 1. The number of hydrogen-bond donors (Lipinski definition) is 4. The van der Waals surface area contributed by atoms with Crippen LogP contribution in [-0.2, 0) is 19.1 Å². The number of Topliss-reactive ketones (excluding diaryl/α,β-unsaturated/α-hetero) is 1. The first-order chi connectivity index (χ1) is 19.4. The zero-order valence-corrected chi connectivity index (χ0v) is 23.1. The van der Waals surface area contributed by atoms with E-state index >= 15 is 4.39 Å². The lowest BCUT2D eigenvalue weighted by Gasteiger charge is -2.61. The van der Waals surface area contributed by atoms with Crippen LogP contribution in [0.25, 0.3) is 0 Å². The van der Waals surface area contributed by atoms with Crippen molar-refractivity contribution in [2.45, 2.75) is 100.0 Å². The van der Waals surface area contributed by atoms with Crippen LogP contribution in [0, 0.1) is 17.8 Å². The number of amides is 2. The second-order valence-electron chi connectivity index (χ2n) is 13.2. The van der Waals surface area contributed by atoms with Gasteiger partial charge < -0.3 is 26.0 Å². The number of hydrogen-bond acceptors (Lipinski definition) is 9. The molecule has 7 rings (SSSR count). The number of fused-ring (bicyclic) bond motifs is 3. The Kier molecular flexibility index (Phi) is 7.23. The number of ether oxygens (including phenoxy) is 1. The number of carbonyl (C=O) groups is 3. The molecule has 40 heavy (non-hydrogen) atoms. The van der Waals surface area contributed by atoms with E-state index < -0.39 is 42.1 Å². The highest BCUT2D eigenvalue weighted by Gasteiger charge is 2.61. The summed E-state index contributed by atoms with van der Waals surface area (Å²) in [5, 5.41) is 8.70. The number of rotatable bonds is 3. The molecule has 3 saturated carbocycles. The van der Waals surface area contributed by atoms with Crippen molar-refractivity contribution in [1.82, 2.24) is 25.8 Å². The molecule has 6 fully saturated rings. The summed E-state index contributed by atoms with van der Waals surface area (Å²) in [5.41, 5.74) is 6.19. The topological polar surface area (TPSA) is 129 Å². The van der Waals surface area contributed by atoms with E-state index in [9.17, 15) is 14.4 Å². The molecule has 11 atom stereocenters. The minimum Gasteiger partial charge on any atom is -0.369 e. The lowest BCUT2D eigenvalue weighted by Crippen LogP contribution is -2.73. The molecular formula is C29H43FN6O4. The van der Waals surface area contributed by atoms with Crippen LogP contribution < -0.4 is 21.7 Å². The van der Waals surface area contributed by atoms with Crippen molar-refractivity contribution in [2.24, 2.45) is 23.5 Å². The van der Waals surface area contributed by atoms with Crippen LogP contribution in [0.4, 0.5) is 4.39 Å². The van der Waals surface area contributed by atoms with Gasteiger partial charge in [-0.05, 0) is 37.5 Å². The smallest absolute Gasteiger partial charge is 0.262 e. The first-order valence-corrected chi connectivity index (χ1v) is 15.5. The number of alkyl halides is 1. The normalized spacial score (nSPS) is 45.1. The SMILES string of the molecule is NC1CCN(C2C(F)CC3C(=O)C(C(=O)NC(=O)C4CNCCN4)=CN4C5CC6CCCCC6CC5OC2C34)C1. The van der Waals surface area contributed by atoms with Gasteiger partial charge in [-0.3, -0.25) is 24.6 Å². The van der Waals surface area contributed by atoms with E-state index in [-0.39, 0.29) is 42.0 Å². The molecule has 11 heteroatoms. The zero-order chi connectivity index (χ0) is 27.5. The number of halogens is 1. The van der Waals surface area contributed by atoms with Crippen LogP contribution in [0.2, 0.25) is 0 Å². The van der Waals surface area contributed by atoms with Gasteiger partial charge in [-0.15, -0.1) is 0 Å². The van der Waals surface area contributed by atoms with Gasteiger partial charge in [0.05, 0.1) is 41.9 Å². The third-order valence-electron chi connectivity index (χ3n) is 11.0. The van der Waals surface area contributed by atoms with Gasteiger partial charge in [0.25, 0.3) is 5.91 Å². The van der Waals surface area contributed by atoms with Crippen molar-refractivity contribution >= 4 is 17.6 Å². The van der Waals surface area contributed by atoms with Gasteiger partial charge in [0.15, 0.2) is 5.78 Å². The first-order valence-electron chi connectivity index (χ1n) is 15.5. The summed E-state index contributed by atoms with van der Waals surface area (Å²) in [7, 11) is 0. The maximum Gasteiger partial charge on any atom is 0.262 e. The van der Waals surface area contributed by atoms with Gasteiger partial charge in [-0.1, -0.05) is 25.7 Å². The van der Waals surface area contributed by atoms with E-state index in [0.717, 1.165) is 32.4 Å². The van der Waals surface area contributed by atoms with Gasteiger partial charge >= 0.3 is 0 Å². The van der Waals surface area contributed by atoms with Crippen LogP contribution in [0.15, 0.2) is 11.8 Å². The number of carbonyl (C=O) groups excluding carboxylic acids is 3. The van der Waals surface area contributed by atoms with E-state index in [2.05, 4.69) is 25.8 Å². The van der Waals surface area contributed by atoms with Gasteiger partial charge in [0, 0.05) is 50.9 Å². The van der Waals surface area contributed by atoms with Crippen molar-refractivity contribution in [3.05, 3.63) is 11.8 Å². The summed E-state index contributed by atoms with van der Waals surface area (Å²) in [5.74, 6) is -0.987. The highest BCUT2D eigenvalue weighted by atomic mass is 19.1. The maximum absolute atomic E-state index is 16.1. The van der Waals surface area contributed by atoms with Crippen LogP contribution in [-0.4, -0.2) is 109 Å². The molecule has 3 aliphatic carbocycles. The molecule has 4 aliphatic heterocycles. The highest BCUT2D eigenvalue weighted by molar-refractivity contribution is 6.23. The van der Waals surface area contributed by atoms with Crippen molar-refractivity contribution in [3.63, 3.8) is 0 Å². The standard InChI is InChI=1S/C29H43FN6O4/c30-20-11-18-24-27(25(20)35-8-5-17(31)13-35)40-23-10-16-4-2-1-3-15(16)9-22(23)36(24)14-19(26(18)37)28(38)34-29(39)21-12-32-6-7-33-21/h14-18,20-25,27,32-33H,1-13,31H2,(H,34,38,39). The molecule has 220 valence electrons. The molecule has 0 aromatic carbocycles. The molecule has 4 heterocycles. The fraction of sp³-hybridized carbons (Fsp3) is 0.828.